The summed E-state index contributed by atoms with van der Waals surface area (Å²) in [5.41, 5.74) is 1.88. The van der Waals surface area contributed by atoms with Crippen LogP contribution in [0.2, 0.25) is 5.02 Å². The molecule has 0 radical (unpaired) electrons. The Morgan fingerprint density at radius 2 is 1.65 bits per heavy atom. The Hall–Kier alpha value is -3.45. The van der Waals surface area contributed by atoms with Gasteiger partial charge in [0, 0.05) is 29.7 Å². The van der Waals surface area contributed by atoms with E-state index < -0.39 is 11.9 Å². The molecule has 37 heavy (non-hydrogen) atoms. The monoisotopic (exact) mass is 516 g/mol. The lowest BCUT2D eigenvalue weighted by Crippen LogP contribution is -2.40. The Morgan fingerprint density at radius 3 is 2.35 bits per heavy atom. The van der Waals surface area contributed by atoms with E-state index in [1.807, 2.05) is 13.0 Å². The Balaban J connectivity index is 1.08. The van der Waals surface area contributed by atoms with Crippen LogP contribution in [0, 0.1) is 48.3 Å². The first-order valence-electron chi connectivity index (χ1n) is 12.8. The molecule has 8 rings (SSSR count). The molecule has 7 atom stereocenters. The van der Waals surface area contributed by atoms with Gasteiger partial charge < -0.3 is 9.64 Å². The Bertz CT molecular complexity index is 1380. The molecule has 2 heterocycles. The van der Waals surface area contributed by atoms with Gasteiger partial charge in [0.15, 0.2) is 0 Å². The number of rotatable bonds is 4. The summed E-state index contributed by atoms with van der Waals surface area (Å²) in [5, 5.41) is 0.555. The highest BCUT2D eigenvalue weighted by Crippen LogP contribution is 2.65. The van der Waals surface area contributed by atoms with E-state index in [0.29, 0.717) is 28.2 Å². The first kappa shape index (κ1) is 22.7. The molecule has 188 valence electrons. The predicted molar refractivity (Wildman–Crippen MR) is 136 cm³/mol. The number of anilines is 2. The maximum Gasteiger partial charge on any atom is 0.316 e. The average molecular weight is 517 g/mol. The lowest BCUT2D eigenvalue weighted by atomic mass is 9.63. The molecule has 4 aliphatic carbocycles. The number of halogens is 1. The van der Waals surface area contributed by atoms with E-state index in [9.17, 15) is 19.2 Å². The summed E-state index contributed by atoms with van der Waals surface area (Å²) in [5.74, 6) is -0.621. The van der Waals surface area contributed by atoms with Gasteiger partial charge in [-0.2, -0.15) is 0 Å². The fraction of sp³-hybridized carbons (Fsp3) is 0.379. The van der Waals surface area contributed by atoms with Gasteiger partial charge in [0.05, 0.1) is 23.4 Å². The van der Waals surface area contributed by atoms with Gasteiger partial charge in [0.25, 0.3) is 0 Å². The normalized spacial score (nSPS) is 33.1. The van der Waals surface area contributed by atoms with Crippen molar-refractivity contribution in [3.05, 3.63) is 65.2 Å². The first-order valence-corrected chi connectivity index (χ1v) is 13.1. The highest BCUT2D eigenvalue weighted by atomic mass is 35.5. The number of hydrogen-bond acceptors (Lipinski definition) is 5. The Kier molecular flexibility index (Phi) is 4.93. The topological polar surface area (TPSA) is 84.0 Å². The fourth-order valence-corrected chi connectivity index (χ4v) is 7.25. The van der Waals surface area contributed by atoms with E-state index in [1.54, 1.807) is 41.3 Å². The zero-order valence-corrected chi connectivity index (χ0v) is 20.9. The molecule has 0 unspecified atom stereocenters. The number of carbonyl (C=O) groups is 4. The molecule has 2 saturated carbocycles. The third kappa shape index (κ3) is 3.33. The van der Waals surface area contributed by atoms with Crippen molar-refractivity contribution in [1.29, 1.82) is 0 Å². The second kappa shape index (κ2) is 8.02. The summed E-state index contributed by atoms with van der Waals surface area (Å²) in [6, 6.07) is 11.9. The Labute approximate surface area is 219 Å². The minimum atomic E-state index is -0.638. The van der Waals surface area contributed by atoms with E-state index in [-0.39, 0.29) is 60.1 Å². The highest BCUT2D eigenvalue weighted by molar-refractivity contribution is 6.31. The summed E-state index contributed by atoms with van der Waals surface area (Å²) < 4.78 is 5.65. The molecule has 2 aromatic carbocycles. The number of benzene rings is 2. The maximum absolute atomic E-state index is 13.4. The molecule has 8 heteroatoms. The van der Waals surface area contributed by atoms with Crippen molar-refractivity contribution in [2.24, 2.45) is 41.4 Å². The summed E-state index contributed by atoms with van der Waals surface area (Å²) >= 11 is 6.22. The molecule has 7 nitrogen and oxygen atoms in total. The summed E-state index contributed by atoms with van der Waals surface area (Å²) in [6.45, 7) is 2.03. The SMILES string of the molecule is Cc1c(Cl)cccc1N1C[C@H](C(=O)Oc2cccc(N3C(=O)[C@@H]4[C@H]5C=C[C@@H]([C@@H]6C[C@@H]56)[C@@H]4C3=O)c2)CC1=O. The molecule has 0 spiro atoms. The van der Waals surface area contributed by atoms with Gasteiger partial charge in [0.1, 0.15) is 5.75 Å². The van der Waals surface area contributed by atoms with Crippen LogP contribution in [0.3, 0.4) is 0 Å². The van der Waals surface area contributed by atoms with Crippen molar-refractivity contribution in [2.75, 3.05) is 16.3 Å². The van der Waals surface area contributed by atoms with Crippen LogP contribution in [0.1, 0.15) is 18.4 Å². The number of ether oxygens (including phenoxy) is 1. The van der Waals surface area contributed by atoms with Gasteiger partial charge in [-0.15, -0.1) is 0 Å². The minimum absolute atomic E-state index is 0.0368. The third-order valence-corrected chi connectivity index (χ3v) is 9.35. The third-order valence-electron chi connectivity index (χ3n) is 8.95. The van der Waals surface area contributed by atoms with E-state index in [2.05, 4.69) is 12.2 Å². The van der Waals surface area contributed by atoms with Crippen LogP contribution >= 0.6 is 11.6 Å². The summed E-state index contributed by atoms with van der Waals surface area (Å²) in [4.78, 5) is 55.4. The lowest BCUT2D eigenvalue weighted by Gasteiger charge is -2.37. The van der Waals surface area contributed by atoms with Gasteiger partial charge in [-0.05, 0) is 66.8 Å². The predicted octanol–water partition coefficient (Wildman–Crippen LogP) is 4.16. The molecule has 3 amide bonds. The molecule has 2 bridgehead atoms. The second-order valence-electron chi connectivity index (χ2n) is 10.9. The van der Waals surface area contributed by atoms with Crippen LogP contribution in [-0.2, 0) is 19.2 Å². The first-order chi connectivity index (χ1) is 17.8. The van der Waals surface area contributed by atoms with Gasteiger partial charge in [0.2, 0.25) is 17.7 Å². The number of amides is 3. The number of esters is 1. The van der Waals surface area contributed by atoms with E-state index in [4.69, 9.17) is 16.3 Å². The van der Waals surface area contributed by atoms with Crippen molar-refractivity contribution in [1.82, 2.24) is 0 Å². The zero-order chi connectivity index (χ0) is 25.6. The van der Waals surface area contributed by atoms with Crippen LogP contribution in [-0.4, -0.2) is 30.2 Å². The van der Waals surface area contributed by atoms with Crippen LogP contribution in [0.15, 0.2) is 54.6 Å². The Morgan fingerprint density at radius 1 is 0.973 bits per heavy atom. The molecule has 2 aromatic rings. The fourth-order valence-electron chi connectivity index (χ4n) is 7.08. The van der Waals surface area contributed by atoms with Gasteiger partial charge in [-0.25, -0.2) is 4.90 Å². The van der Waals surface area contributed by atoms with Crippen molar-refractivity contribution in [2.45, 2.75) is 19.8 Å². The van der Waals surface area contributed by atoms with Crippen molar-refractivity contribution in [3.8, 4) is 5.75 Å². The van der Waals surface area contributed by atoms with Gasteiger partial charge >= 0.3 is 5.97 Å². The molecule has 2 saturated heterocycles. The lowest BCUT2D eigenvalue weighted by molar-refractivity contribution is -0.139. The van der Waals surface area contributed by atoms with E-state index in [0.717, 1.165) is 12.0 Å². The number of allylic oxidation sites excluding steroid dienone is 2. The highest BCUT2D eigenvalue weighted by Gasteiger charge is 2.67. The standard InChI is InChI=1S/C29H25ClN2O5/c1-14-22(30)6-3-7-23(14)31-13-15(10-24(31)33)29(36)37-17-5-2-4-16(11-17)32-27(34)25-18-8-9-19(21-12-20(18)21)26(25)28(32)35/h2-9,11,15,18-21,25-26H,10,12-13H2,1H3/t15-,18+,19+,20+,21+,25-,26+/m1/s1. The van der Waals surface area contributed by atoms with Crippen LogP contribution in [0.4, 0.5) is 11.4 Å². The quantitative estimate of drug-likeness (QED) is 0.264. The molecule has 4 fully saturated rings. The molecular weight excluding hydrogens is 492 g/mol. The molecule has 6 aliphatic rings. The summed E-state index contributed by atoms with van der Waals surface area (Å²) in [6.07, 6.45) is 5.43. The zero-order valence-electron chi connectivity index (χ0n) is 20.2. The average Bonchev–Trinajstić information content (AvgIpc) is 3.56. The number of carbonyl (C=O) groups excluding carboxylic acids is 4. The maximum atomic E-state index is 13.4. The smallest absolute Gasteiger partial charge is 0.316 e. The van der Waals surface area contributed by atoms with Crippen molar-refractivity contribution < 1.29 is 23.9 Å². The van der Waals surface area contributed by atoms with Gasteiger partial charge in [-0.1, -0.05) is 35.9 Å². The number of imide groups is 1. The van der Waals surface area contributed by atoms with Crippen molar-refractivity contribution in [3.63, 3.8) is 0 Å². The largest absolute Gasteiger partial charge is 0.426 e. The van der Waals surface area contributed by atoms with Crippen molar-refractivity contribution >= 4 is 46.7 Å². The van der Waals surface area contributed by atoms with Gasteiger partial charge in [-0.3, -0.25) is 19.2 Å². The summed E-state index contributed by atoms with van der Waals surface area (Å²) in [7, 11) is 0. The number of nitrogens with zero attached hydrogens (tertiary/aromatic N) is 2. The molecular formula is C29H25ClN2O5. The van der Waals surface area contributed by atoms with Crippen LogP contribution in [0.5, 0.6) is 5.75 Å². The second-order valence-corrected chi connectivity index (χ2v) is 11.3. The number of hydrogen-bond donors (Lipinski definition) is 0. The van der Waals surface area contributed by atoms with E-state index in [1.165, 1.54) is 4.90 Å². The molecule has 0 aromatic heterocycles. The van der Waals surface area contributed by atoms with Crippen LogP contribution in [0.25, 0.3) is 0 Å². The van der Waals surface area contributed by atoms with E-state index >= 15 is 0 Å². The van der Waals surface area contributed by atoms with Crippen LogP contribution < -0.4 is 14.5 Å². The minimum Gasteiger partial charge on any atom is -0.426 e. The molecule has 0 N–H and O–H groups in total. The molecule has 2 aliphatic heterocycles.